The maximum Gasteiger partial charge on any atom is 0.269 e. The monoisotopic (exact) mass is 306 g/mol. The van der Waals surface area contributed by atoms with Crippen molar-refractivity contribution in [2.24, 2.45) is 5.92 Å². The third kappa shape index (κ3) is 2.31. The van der Waals surface area contributed by atoms with Crippen molar-refractivity contribution in [3.8, 4) is 0 Å². The Balaban J connectivity index is 1.73. The predicted octanol–water partition coefficient (Wildman–Crippen LogP) is 4.73. The molecule has 1 heterocycles. The number of non-ortho nitro benzene ring substituents is 1. The van der Waals surface area contributed by atoms with E-state index in [-0.39, 0.29) is 16.7 Å². The Morgan fingerprint density at radius 3 is 2.70 bits per heavy atom. The fourth-order valence-corrected chi connectivity index (χ4v) is 3.85. The summed E-state index contributed by atoms with van der Waals surface area (Å²) < 4.78 is 0. The number of nitro groups is 1. The number of hydrogen-bond acceptors (Lipinski definition) is 3. The van der Waals surface area contributed by atoms with Crippen LogP contribution in [0.5, 0.6) is 0 Å². The largest absolute Gasteiger partial charge is 0.378 e. The molecule has 4 heteroatoms. The maximum atomic E-state index is 10.8. The van der Waals surface area contributed by atoms with Gasteiger partial charge < -0.3 is 5.32 Å². The minimum atomic E-state index is -0.351. The lowest BCUT2D eigenvalue weighted by Crippen LogP contribution is -2.29. The molecule has 0 saturated carbocycles. The number of rotatable bonds is 2. The Bertz CT molecular complexity index is 796. The number of benzene rings is 2. The van der Waals surface area contributed by atoms with Crippen LogP contribution in [-0.2, 0) is 0 Å². The number of fused-ring (bicyclic) bond motifs is 3. The number of anilines is 1. The normalized spacial score (nSPS) is 24.7. The van der Waals surface area contributed by atoms with Gasteiger partial charge in [0.05, 0.1) is 11.0 Å². The minimum Gasteiger partial charge on any atom is -0.378 e. The van der Waals surface area contributed by atoms with Crippen LogP contribution in [0.2, 0.25) is 0 Å². The average Bonchev–Trinajstić information content (AvgIpc) is 3.04. The van der Waals surface area contributed by atoms with Gasteiger partial charge in [0.2, 0.25) is 0 Å². The zero-order valence-corrected chi connectivity index (χ0v) is 12.9. The van der Waals surface area contributed by atoms with Crippen LogP contribution < -0.4 is 5.32 Å². The molecule has 3 atom stereocenters. The van der Waals surface area contributed by atoms with Crippen LogP contribution in [0.15, 0.2) is 54.6 Å². The van der Waals surface area contributed by atoms with E-state index in [1.54, 1.807) is 12.1 Å². The van der Waals surface area contributed by atoms with E-state index in [0.717, 1.165) is 12.0 Å². The first-order chi connectivity index (χ1) is 11.1. The highest BCUT2D eigenvalue weighted by molar-refractivity contribution is 5.60. The zero-order valence-electron chi connectivity index (χ0n) is 12.9. The molecule has 0 bridgehead atoms. The van der Waals surface area contributed by atoms with Gasteiger partial charge in [0.15, 0.2) is 0 Å². The number of nitro benzene ring substituents is 1. The topological polar surface area (TPSA) is 55.2 Å². The van der Waals surface area contributed by atoms with E-state index < -0.39 is 0 Å². The molecule has 2 aromatic carbocycles. The summed E-state index contributed by atoms with van der Waals surface area (Å²) in [4.78, 5) is 10.5. The van der Waals surface area contributed by atoms with Crippen molar-refractivity contribution in [3.05, 3.63) is 81.4 Å². The Hall–Kier alpha value is -2.62. The Morgan fingerprint density at radius 1 is 1.17 bits per heavy atom. The third-order valence-corrected chi connectivity index (χ3v) is 4.98. The van der Waals surface area contributed by atoms with Crippen LogP contribution in [0.3, 0.4) is 0 Å². The molecule has 0 radical (unpaired) electrons. The van der Waals surface area contributed by atoms with E-state index in [0.29, 0.717) is 11.8 Å². The van der Waals surface area contributed by atoms with Gasteiger partial charge in [-0.1, -0.05) is 42.0 Å². The van der Waals surface area contributed by atoms with Crippen molar-refractivity contribution in [2.45, 2.75) is 25.3 Å². The van der Waals surface area contributed by atoms with Crippen molar-refractivity contribution < 1.29 is 4.92 Å². The van der Waals surface area contributed by atoms with Gasteiger partial charge in [-0.2, -0.15) is 0 Å². The molecule has 4 rings (SSSR count). The molecule has 0 saturated heterocycles. The molecule has 1 N–H and O–H groups in total. The van der Waals surface area contributed by atoms with E-state index in [4.69, 9.17) is 0 Å². The van der Waals surface area contributed by atoms with E-state index in [2.05, 4.69) is 42.6 Å². The summed E-state index contributed by atoms with van der Waals surface area (Å²) in [6.07, 6.45) is 5.60. The van der Waals surface area contributed by atoms with Gasteiger partial charge >= 0.3 is 0 Å². The highest BCUT2D eigenvalue weighted by Gasteiger charge is 2.37. The third-order valence-electron chi connectivity index (χ3n) is 4.98. The molecule has 2 aromatic rings. The number of hydrogen-bond donors (Lipinski definition) is 1. The summed E-state index contributed by atoms with van der Waals surface area (Å²) in [6, 6.07) is 13.7. The fourth-order valence-electron chi connectivity index (χ4n) is 3.85. The standard InChI is InChI=1S/C19H18N2O2/c1-12-5-10-18-17(11-12)15-3-2-4-16(15)19(20-18)13-6-8-14(9-7-13)21(22)23/h2-3,5-11,15-16,19-20H,4H2,1H3/t15-,16+,19-/m0/s1. The molecule has 0 fully saturated rings. The molecule has 0 unspecified atom stereocenters. The number of nitrogens with zero attached hydrogens (tertiary/aromatic N) is 1. The minimum absolute atomic E-state index is 0.140. The first kappa shape index (κ1) is 14.0. The SMILES string of the molecule is Cc1ccc2c(c1)[C@H]1C=CC[C@H]1[C@H](c1ccc([N+](=O)[O-])cc1)N2. The first-order valence-electron chi connectivity index (χ1n) is 7.91. The van der Waals surface area contributed by atoms with Gasteiger partial charge in [0, 0.05) is 23.7 Å². The molecule has 1 aliphatic carbocycles. The van der Waals surface area contributed by atoms with Crippen LogP contribution in [0.25, 0.3) is 0 Å². The Morgan fingerprint density at radius 2 is 1.96 bits per heavy atom. The molecule has 0 amide bonds. The molecular formula is C19H18N2O2. The Labute approximate surface area is 135 Å². The van der Waals surface area contributed by atoms with E-state index in [1.165, 1.54) is 16.8 Å². The average molecular weight is 306 g/mol. The zero-order chi connectivity index (χ0) is 16.0. The fraction of sp³-hybridized carbons (Fsp3) is 0.263. The highest BCUT2D eigenvalue weighted by Crippen LogP contribution is 2.49. The molecule has 0 spiro atoms. The maximum absolute atomic E-state index is 10.8. The van der Waals surface area contributed by atoms with Crippen molar-refractivity contribution in [2.75, 3.05) is 5.32 Å². The highest BCUT2D eigenvalue weighted by atomic mass is 16.6. The number of allylic oxidation sites excluding steroid dienone is 2. The summed E-state index contributed by atoms with van der Waals surface area (Å²) in [6.45, 7) is 2.12. The smallest absolute Gasteiger partial charge is 0.269 e. The van der Waals surface area contributed by atoms with Gasteiger partial charge in [-0.05, 0) is 36.5 Å². The van der Waals surface area contributed by atoms with Crippen molar-refractivity contribution >= 4 is 11.4 Å². The second-order valence-corrected chi connectivity index (χ2v) is 6.41. The molecule has 4 nitrogen and oxygen atoms in total. The first-order valence-corrected chi connectivity index (χ1v) is 7.91. The van der Waals surface area contributed by atoms with Crippen LogP contribution in [-0.4, -0.2) is 4.92 Å². The van der Waals surface area contributed by atoms with E-state index >= 15 is 0 Å². The summed E-state index contributed by atoms with van der Waals surface area (Å²) in [7, 11) is 0. The predicted molar refractivity (Wildman–Crippen MR) is 90.6 cm³/mol. The lowest BCUT2D eigenvalue weighted by Gasteiger charge is -2.37. The second-order valence-electron chi connectivity index (χ2n) is 6.41. The second kappa shape index (κ2) is 5.23. The van der Waals surface area contributed by atoms with Gasteiger partial charge in [-0.15, -0.1) is 0 Å². The lowest BCUT2D eigenvalue weighted by molar-refractivity contribution is -0.384. The molecule has 116 valence electrons. The van der Waals surface area contributed by atoms with Crippen LogP contribution in [0, 0.1) is 23.0 Å². The molecule has 1 aliphatic heterocycles. The van der Waals surface area contributed by atoms with E-state index in [9.17, 15) is 10.1 Å². The summed E-state index contributed by atoms with van der Waals surface area (Å²) in [5.74, 6) is 0.886. The van der Waals surface area contributed by atoms with Gasteiger partial charge in [0.1, 0.15) is 0 Å². The quantitative estimate of drug-likeness (QED) is 0.496. The van der Waals surface area contributed by atoms with E-state index in [1.807, 2.05) is 12.1 Å². The number of nitrogens with one attached hydrogen (secondary N) is 1. The van der Waals surface area contributed by atoms with Crippen molar-refractivity contribution in [1.29, 1.82) is 0 Å². The molecule has 0 aromatic heterocycles. The lowest BCUT2D eigenvalue weighted by atomic mass is 9.76. The molecule has 23 heavy (non-hydrogen) atoms. The summed E-state index contributed by atoms with van der Waals surface area (Å²) in [5.41, 5.74) is 5.06. The molecular weight excluding hydrogens is 288 g/mol. The number of aryl methyl sites for hydroxylation is 1. The summed E-state index contributed by atoms with van der Waals surface area (Å²) >= 11 is 0. The van der Waals surface area contributed by atoms with Crippen LogP contribution >= 0.6 is 0 Å². The molecule has 2 aliphatic rings. The summed E-state index contributed by atoms with van der Waals surface area (Å²) in [5, 5.41) is 14.5. The van der Waals surface area contributed by atoms with Gasteiger partial charge in [-0.3, -0.25) is 10.1 Å². The van der Waals surface area contributed by atoms with Crippen molar-refractivity contribution in [1.82, 2.24) is 0 Å². The Kier molecular flexibility index (Phi) is 3.18. The van der Waals surface area contributed by atoms with Crippen LogP contribution in [0.4, 0.5) is 11.4 Å². The van der Waals surface area contributed by atoms with Crippen LogP contribution in [0.1, 0.15) is 35.1 Å². The van der Waals surface area contributed by atoms with Gasteiger partial charge in [-0.25, -0.2) is 0 Å². The van der Waals surface area contributed by atoms with Crippen molar-refractivity contribution in [3.63, 3.8) is 0 Å². The van der Waals surface area contributed by atoms with Gasteiger partial charge in [0.25, 0.3) is 5.69 Å².